The van der Waals surface area contributed by atoms with E-state index in [1.807, 2.05) is 20.8 Å². The fourth-order valence-corrected chi connectivity index (χ4v) is 2.68. The normalized spacial score (nSPS) is 25.1. The molecule has 22 heavy (non-hydrogen) atoms. The van der Waals surface area contributed by atoms with E-state index in [1.54, 1.807) is 0 Å². The number of hydrogen-bond acceptors (Lipinski definition) is 4. The van der Waals surface area contributed by atoms with Gasteiger partial charge < -0.3 is 20.3 Å². The molecule has 130 valence electrons. The average molecular weight is 313 g/mol. The van der Waals surface area contributed by atoms with Crippen LogP contribution >= 0.6 is 0 Å². The Morgan fingerprint density at radius 1 is 1.36 bits per heavy atom. The number of nitrogens with one attached hydrogen (secondary N) is 2. The SMILES string of the molecule is CC(C)C(CNC1CCN(C)C(C)C1)NC(=O)OC(C)(C)C. The van der Waals surface area contributed by atoms with E-state index in [1.165, 1.54) is 0 Å². The van der Waals surface area contributed by atoms with Crippen LogP contribution in [0.1, 0.15) is 54.4 Å². The summed E-state index contributed by atoms with van der Waals surface area (Å²) in [6.45, 7) is 14.1. The number of hydrogen-bond donors (Lipinski definition) is 2. The number of carbonyl (C=O) groups is 1. The molecular formula is C17H35N3O2. The van der Waals surface area contributed by atoms with E-state index in [9.17, 15) is 4.79 Å². The van der Waals surface area contributed by atoms with Crippen molar-refractivity contribution in [2.45, 2.75) is 78.1 Å². The molecule has 0 aromatic rings. The summed E-state index contributed by atoms with van der Waals surface area (Å²) in [5.41, 5.74) is -0.456. The van der Waals surface area contributed by atoms with Crippen LogP contribution < -0.4 is 10.6 Å². The zero-order valence-electron chi connectivity index (χ0n) is 15.4. The van der Waals surface area contributed by atoms with Crippen molar-refractivity contribution in [3.05, 3.63) is 0 Å². The first-order valence-electron chi connectivity index (χ1n) is 8.51. The van der Waals surface area contributed by atoms with Crippen molar-refractivity contribution in [2.75, 3.05) is 20.1 Å². The molecule has 1 rings (SSSR count). The van der Waals surface area contributed by atoms with Crippen molar-refractivity contribution in [1.29, 1.82) is 0 Å². The Morgan fingerprint density at radius 3 is 2.50 bits per heavy atom. The fraction of sp³-hybridized carbons (Fsp3) is 0.941. The highest BCUT2D eigenvalue weighted by Crippen LogP contribution is 2.15. The van der Waals surface area contributed by atoms with Gasteiger partial charge in [0.2, 0.25) is 0 Å². The van der Waals surface area contributed by atoms with E-state index >= 15 is 0 Å². The third-order valence-corrected chi connectivity index (χ3v) is 4.34. The summed E-state index contributed by atoms with van der Waals surface area (Å²) in [4.78, 5) is 14.4. The highest BCUT2D eigenvalue weighted by atomic mass is 16.6. The second kappa shape index (κ2) is 8.16. The summed E-state index contributed by atoms with van der Waals surface area (Å²) in [6.07, 6.45) is 2.00. The molecule has 1 aliphatic heterocycles. The van der Waals surface area contributed by atoms with E-state index in [0.29, 0.717) is 18.0 Å². The molecular weight excluding hydrogens is 278 g/mol. The van der Waals surface area contributed by atoms with Crippen LogP contribution in [0.25, 0.3) is 0 Å². The number of alkyl carbamates (subject to hydrolysis) is 1. The van der Waals surface area contributed by atoms with Crippen LogP contribution in [0.4, 0.5) is 4.79 Å². The molecule has 3 atom stereocenters. The van der Waals surface area contributed by atoms with Crippen LogP contribution in [0.5, 0.6) is 0 Å². The Bertz CT molecular complexity index is 352. The third kappa shape index (κ3) is 6.97. The minimum Gasteiger partial charge on any atom is -0.444 e. The van der Waals surface area contributed by atoms with Gasteiger partial charge in [0.15, 0.2) is 0 Å². The smallest absolute Gasteiger partial charge is 0.407 e. The van der Waals surface area contributed by atoms with E-state index in [0.717, 1.165) is 25.9 Å². The lowest BCUT2D eigenvalue weighted by Crippen LogP contribution is -2.51. The van der Waals surface area contributed by atoms with Crippen molar-refractivity contribution >= 4 is 6.09 Å². The van der Waals surface area contributed by atoms with Crippen LogP contribution in [0, 0.1) is 5.92 Å². The molecule has 0 spiro atoms. The molecule has 2 N–H and O–H groups in total. The predicted molar refractivity (Wildman–Crippen MR) is 91.1 cm³/mol. The Morgan fingerprint density at radius 2 is 2.00 bits per heavy atom. The number of carbonyl (C=O) groups excluding carboxylic acids is 1. The number of amides is 1. The Hall–Kier alpha value is -0.810. The molecule has 1 saturated heterocycles. The van der Waals surface area contributed by atoms with Gasteiger partial charge in [-0.15, -0.1) is 0 Å². The topological polar surface area (TPSA) is 53.6 Å². The molecule has 3 unspecified atom stereocenters. The standard InChI is InChI=1S/C17H35N3O2/c1-12(2)15(19-16(21)22-17(4,5)6)11-18-14-8-9-20(7)13(3)10-14/h12-15,18H,8-11H2,1-7H3,(H,19,21). The summed E-state index contributed by atoms with van der Waals surface area (Å²) < 4.78 is 5.36. The highest BCUT2D eigenvalue weighted by molar-refractivity contribution is 5.68. The van der Waals surface area contributed by atoms with Gasteiger partial charge in [0.05, 0.1) is 0 Å². The molecule has 0 aliphatic carbocycles. The van der Waals surface area contributed by atoms with Gasteiger partial charge >= 0.3 is 6.09 Å². The van der Waals surface area contributed by atoms with Gasteiger partial charge in [0.25, 0.3) is 0 Å². The minimum absolute atomic E-state index is 0.0878. The first-order valence-corrected chi connectivity index (χ1v) is 8.51. The number of piperidine rings is 1. The maximum Gasteiger partial charge on any atom is 0.407 e. The molecule has 5 heteroatoms. The van der Waals surface area contributed by atoms with E-state index in [2.05, 4.69) is 43.4 Å². The van der Waals surface area contributed by atoms with Gasteiger partial charge in [-0.3, -0.25) is 0 Å². The molecule has 0 bridgehead atoms. The monoisotopic (exact) mass is 313 g/mol. The Balaban J connectivity index is 2.43. The number of rotatable bonds is 5. The van der Waals surface area contributed by atoms with Crippen molar-refractivity contribution in [3.63, 3.8) is 0 Å². The fourth-order valence-electron chi connectivity index (χ4n) is 2.68. The second-order valence-electron chi connectivity index (χ2n) is 7.96. The van der Waals surface area contributed by atoms with Crippen molar-refractivity contribution in [1.82, 2.24) is 15.5 Å². The Labute approximate surface area is 136 Å². The van der Waals surface area contributed by atoms with Crippen molar-refractivity contribution < 1.29 is 9.53 Å². The number of likely N-dealkylation sites (tertiary alicyclic amines) is 1. The summed E-state index contributed by atoms with van der Waals surface area (Å²) in [6, 6.07) is 1.24. The van der Waals surface area contributed by atoms with E-state index in [4.69, 9.17) is 4.74 Å². The molecule has 0 radical (unpaired) electrons. The summed E-state index contributed by atoms with van der Waals surface area (Å²) in [5, 5.41) is 6.62. The van der Waals surface area contributed by atoms with Gasteiger partial charge in [0, 0.05) is 24.7 Å². The molecule has 1 heterocycles. The minimum atomic E-state index is -0.456. The van der Waals surface area contributed by atoms with Gasteiger partial charge in [-0.25, -0.2) is 4.79 Å². The van der Waals surface area contributed by atoms with Crippen LogP contribution in [0.15, 0.2) is 0 Å². The first kappa shape index (κ1) is 19.2. The third-order valence-electron chi connectivity index (χ3n) is 4.34. The number of nitrogens with zero attached hydrogens (tertiary/aromatic N) is 1. The van der Waals surface area contributed by atoms with Gasteiger partial charge in [-0.2, -0.15) is 0 Å². The molecule has 1 amide bonds. The summed E-state index contributed by atoms with van der Waals surface area (Å²) >= 11 is 0. The molecule has 0 saturated carbocycles. The first-order chi connectivity index (χ1) is 10.1. The van der Waals surface area contributed by atoms with Crippen LogP contribution in [-0.2, 0) is 4.74 Å². The van der Waals surface area contributed by atoms with Crippen LogP contribution in [0.3, 0.4) is 0 Å². The average Bonchev–Trinajstić information content (AvgIpc) is 2.36. The van der Waals surface area contributed by atoms with E-state index in [-0.39, 0.29) is 12.1 Å². The second-order valence-corrected chi connectivity index (χ2v) is 7.96. The molecule has 5 nitrogen and oxygen atoms in total. The quantitative estimate of drug-likeness (QED) is 0.819. The van der Waals surface area contributed by atoms with Crippen LogP contribution in [-0.4, -0.2) is 54.9 Å². The molecule has 1 aliphatic rings. The predicted octanol–water partition coefficient (Wildman–Crippen LogP) is 2.61. The highest BCUT2D eigenvalue weighted by Gasteiger charge is 2.25. The zero-order chi connectivity index (χ0) is 16.9. The lowest BCUT2D eigenvalue weighted by molar-refractivity contribution is 0.0487. The van der Waals surface area contributed by atoms with E-state index < -0.39 is 5.60 Å². The van der Waals surface area contributed by atoms with Gasteiger partial charge in [-0.05, 0) is 60.0 Å². The van der Waals surface area contributed by atoms with Gasteiger partial charge in [0.1, 0.15) is 5.60 Å². The van der Waals surface area contributed by atoms with Crippen molar-refractivity contribution in [3.8, 4) is 0 Å². The largest absolute Gasteiger partial charge is 0.444 e. The van der Waals surface area contributed by atoms with Crippen molar-refractivity contribution in [2.24, 2.45) is 5.92 Å². The summed E-state index contributed by atoms with van der Waals surface area (Å²) in [5.74, 6) is 0.365. The molecule has 0 aromatic carbocycles. The van der Waals surface area contributed by atoms with Crippen LogP contribution in [0.2, 0.25) is 0 Å². The Kier molecular flexibility index (Phi) is 7.13. The summed E-state index contributed by atoms with van der Waals surface area (Å²) in [7, 11) is 2.18. The lowest BCUT2D eigenvalue weighted by atomic mass is 9.97. The maximum atomic E-state index is 12.0. The zero-order valence-corrected chi connectivity index (χ0v) is 15.4. The maximum absolute atomic E-state index is 12.0. The van der Waals surface area contributed by atoms with Gasteiger partial charge in [-0.1, -0.05) is 13.8 Å². The molecule has 0 aromatic heterocycles. The molecule has 1 fully saturated rings. The number of ether oxygens (including phenoxy) is 1. The lowest BCUT2D eigenvalue weighted by Gasteiger charge is -2.36.